The molecule has 1 aromatic carbocycles. The molecule has 0 aliphatic carbocycles. The Kier molecular flexibility index (Phi) is 3.97. The summed E-state index contributed by atoms with van der Waals surface area (Å²) in [7, 11) is 1.10. The number of nitrogens with one attached hydrogen (secondary N) is 1. The Morgan fingerprint density at radius 3 is 2.75 bits per heavy atom. The highest BCUT2D eigenvalue weighted by Crippen LogP contribution is 2.24. The van der Waals surface area contributed by atoms with E-state index >= 15 is 0 Å². The van der Waals surface area contributed by atoms with E-state index in [1.165, 1.54) is 12.3 Å². The summed E-state index contributed by atoms with van der Waals surface area (Å²) in [6, 6.07) is 2.44. The van der Waals surface area contributed by atoms with Gasteiger partial charge in [-0.1, -0.05) is 0 Å². The first-order valence-electron chi connectivity index (χ1n) is 5.92. The summed E-state index contributed by atoms with van der Waals surface area (Å²) >= 11 is 0. The summed E-state index contributed by atoms with van der Waals surface area (Å²) in [5, 5.41) is 6.71. The number of carbonyl (C=O) groups is 1. The van der Waals surface area contributed by atoms with Gasteiger partial charge < -0.3 is 10.1 Å². The first-order valence-corrected chi connectivity index (χ1v) is 5.92. The van der Waals surface area contributed by atoms with Crippen LogP contribution in [0.2, 0.25) is 0 Å². The second-order valence-electron chi connectivity index (χ2n) is 3.99. The molecule has 7 heteroatoms. The van der Waals surface area contributed by atoms with Crippen LogP contribution in [0, 0.1) is 11.6 Å². The third-order valence-corrected chi connectivity index (χ3v) is 2.72. The SMILES string of the molecule is CCn1cc(Nc2ccc(C(=O)OC)c(F)c2F)cn1. The number of benzene rings is 1. The molecule has 2 aromatic rings. The van der Waals surface area contributed by atoms with Gasteiger partial charge in [-0.2, -0.15) is 5.10 Å². The predicted molar refractivity (Wildman–Crippen MR) is 68.9 cm³/mol. The fourth-order valence-electron chi connectivity index (χ4n) is 1.67. The zero-order valence-corrected chi connectivity index (χ0v) is 11.0. The minimum absolute atomic E-state index is 0.0780. The number of hydrogen-bond donors (Lipinski definition) is 1. The molecule has 0 unspecified atom stereocenters. The number of ether oxygens (including phenoxy) is 1. The Morgan fingerprint density at radius 1 is 1.40 bits per heavy atom. The maximum Gasteiger partial charge on any atom is 0.340 e. The molecule has 0 atom stereocenters. The fraction of sp³-hybridized carbons (Fsp3) is 0.231. The normalized spacial score (nSPS) is 10.4. The van der Waals surface area contributed by atoms with Crippen molar-refractivity contribution in [1.82, 2.24) is 9.78 Å². The Bertz CT molecular complexity index is 641. The largest absolute Gasteiger partial charge is 0.465 e. The average Bonchev–Trinajstić information content (AvgIpc) is 2.91. The highest BCUT2D eigenvalue weighted by Gasteiger charge is 2.19. The number of esters is 1. The number of anilines is 2. The Labute approximate surface area is 114 Å². The number of aromatic nitrogens is 2. The molecule has 2 rings (SSSR count). The molecular weight excluding hydrogens is 268 g/mol. The topological polar surface area (TPSA) is 56.2 Å². The monoisotopic (exact) mass is 281 g/mol. The van der Waals surface area contributed by atoms with E-state index < -0.39 is 23.2 Å². The van der Waals surface area contributed by atoms with Crippen LogP contribution in [-0.2, 0) is 11.3 Å². The molecule has 0 aliphatic rings. The van der Waals surface area contributed by atoms with Crippen molar-refractivity contribution in [3.05, 3.63) is 41.7 Å². The molecule has 0 aliphatic heterocycles. The zero-order chi connectivity index (χ0) is 14.7. The second-order valence-corrected chi connectivity index (χ2v) is 3.99. The van der Waals surface area contributed by atoms with E-state index in [9.17, 15) is 13.6 Å². The van der Waals surface area contributed by atoms with E-state index in [2.05, 4.69) is 15.2 Å². The molecule has 0 saturated carbocycles. The van der Waals surface area contributed by atoms with Crippen LogP contribution in [0.15, 0.2) is 24.5 Å². The molecule has 0 spiro atoms. The summed E-state index contributed by atoms with van der Waals surface area (Å²) in [5.74, 6) is -3.31. The van der Waals surface area contributed by atoms with E-state index in [0.717, 1.165) is 13.2 Å². The van der Waals surface area contributed by atoms with Gasteiger partial charge in [0.15, 0.2) is 11.6 Å². The van der Waals surface area contributed by atoms with Crippen molar-refractivity contribution in [2.45, 2.75) is 13.5 Å². The van der Waals surface area contributed by atoms with Crippen molar-refractivity contribution < 1.29 is 18.3 Å². The van der Waals surface area contributed by atoms with Crippen LogP contribution >= 0.6 is 0 Å². The van der Waals surface area contributed by atoms with Gasteiger partial charge in [-0.25, -0.2) is 13.6 Å². The Hall–Kier alpha value is -2.44. The van der Waals surface area contributed by atoms with Gasteiger partial charge in [0.25, 0.3) is 0 Å². The first-order chi connectivity index (χ1) is 9.56. The lowest BCUT2D eigenvalue weighted by molar-refractivity contribution is 0.0594. The molecule has 1 aromatic heterocycles. The molecule has 0 amide bonds. The van der Waals surface area contributed by atoms with E-state index in [4.69, 9.17) is 0 Å². The van der Waals surface area contributed by atoms with Gasteiger partial charge in [-0.05, 0) is 19.1 Å². The van der Waals surface area contributed by atoms with E-state index in [-0.39, 0.29) is 5.69 Å². The lowest BCUT2D eigenvalue weighted by Gasteiger charge is -2.08. The Balaban J connectivity index is 2.29. The highest BCUT2D eigenvalue weighted by atomic mass is 19.2. The average molecular weight is 281 g/mol. The van der Waals surface area contributed by atoms with Crippen LogP contribution in [-0.4, -0.2) is 22.9 Å². The molecule has 0 saturated heterocycles. The van der Waals surface area contributed by atoms with Crippen molar-refractivity contribution in [2.75, 3.05) is 12.4 Å². The molecule has 1 N–H and O–H groups in total. The van der Waals surface area contributed by atoms with Crippen LogP contribution in [0.1, 0.15) is 17.3 Å². The number of methoxy groups -OCH3 is 1. The smallest absolute Gasteiger partial charge is 0.340 e. The summed E-state index contributed by atoms with van der Waals surface area (Å²) in [5.41, 5.74) is 0.00146. The first kappa shape index (κ1) is 14.0. The van der Waals surface area contributed by atoms with Crippen molar-refractivity contribution in [3.8, 4) is 0 Å². The van der Waals surface area contributed by atoms with Crippen molar-refractivity contribution >= 4 is 17.3 Å². The van der Waals surface area contributed by atoms with Gasteiger partial charge in [0.2, 0.25) is 0 Å². The van der Waals surface area contributed by atoms with Gasteiger partial charge in [-0.3, -0.25) is 4.68 Å². The number of halogens is 2. The summed E-state index contributed by atoms with van der Waals surface area (Å²) in [4.78, 5) is 11.2. The maximum atomic E-state index is 13.9. The van der Waals surface area contributed by atoms with Crippen LogP contribution in [0.5, 0.6) is 0 Å². The van der Waals surface area contributed by atoms with Crippen LogP contribution in [0.3, 0.4) is 0 Å². The zero-order valence-electron chi connectivity index (χ0n) is 11.0. The van der Waals surface area contributed by atoms with Crippen molar-refractivity contribution in [1.29, 1.82) is 0 Å². The third-order valence-electron chi connectivity index (χ3n) is 2.72. The van der Waals surface area contributed by atoms with Crippen molar-refractivity contribution in [2.24, 2.45) is 0 Å². The summed E-state index contributed by atoms with van der Waals surface area (Å²) in [6.45, 7) is 2.57. The highest BCUT2D eigenvalue weighted by molar-refractivity contribution is 5.90. The van der Waals surface area contributed by atoms with Crippen LogP contribution in [0.4, 0.5) is 20.2 Å². The van der Waals surface area contributed by atoms with Gasteiger partial charge in [0.1, 0.15) is 0 Å². The van der Waals surface area contributed by atoms with Gasteiger partial charge in [0, 0.05) is 12.7 Å². The molecule has 0 fully saturated rings. The van der Waals surface area contributed by atoms with E-state index in [0.29, 0.717) is 12.2 Å². The minimum atomic E-state index is -1.25. The van der Waals surface area contributed by atoms with Crippen molar-refractivity contribution in [3.63, 3.8) is 0 Å². The molecule has 5 nitrogen and oxygen atoms in total. The molecule has 0 bridgehead atoms. The van der Waals surface area contributed by atoms with Gasteiger partial charge in [0.05, 0.1) is 30.2 Å². The molecule has 20 heavy (non-hydrogen) atoms. The number of hydrogen-bond acceptors (Lipinski definition) is 4. The maximum absolute atomic E-state index is 13.9. The number of rotatable bonds is 4. The second kappa shape index (κ2) is 5.68. The lowest BCUT2D eigenvalue weighted by atomic mass is 10.2. The van der Waals surface area contributed by atoms with Crippen LogP contribution in [0.25, 0.3) is 0 Å². The third kappa shape index (κ3) is 2.61. The van der Waals surface area contributed by atoms with Gasteiger partial charge in [-0.15, -0.1) is 0 Å². The lowest BCUT2D eigenvalue weighted by Crippen LogP contribution is -2.07. The quantitative estimate of drug-likeness (QED) is 0.875. The molecule has 1 heterocycles. The minimum Gasteiger partial charge on any atom is -0.465 e. The standard InChI is InChI=1S/C13H13F2N3O2/c1-3-18-7-8(6-16-18)17-10-5-4-9(13(19)20-2)11(14)12(10)15/h4-7,17H,3H2,1-2H3. The summed E-state index contributed by atoms with van der Waals surface area (Å²) in [6.07, 6.45) is 3.15. The molecule has 0 radical (unpaired) electrons. The number of aryl methyl sites for hydroxylation is 1. The molecule has 106 valence electrons. The van der Waals surface area contributed by atoms with E-state index in [1.807, 2.05) is 6.92 Å². The fourth-order valence-corrected chi connectivity index (χ4v) is 1.67. The number of carbonyl (C=O) groups excluding carboxylic acids is 1. The number of nitrogens with zero attached hydrogens (tertiary/aromatic N) is 2. The Morgan fingerprint density at radius 2 is 2.15 bits per heavy atom. The van der Waals surface area contributed by atoms with Crippen LogP contribution < -0.4 is 5.32 Å². The van der Waals surface area contributed by atoms with E-state index in [1.54, 1.807) is 10.9 Å². The predicted octanol–water partition coefficient (Wildman–Crippen LogP) is 2.71. The molecular formula is C13H13F2N3O2. The summed E-state index contributed by atoms with van der Waals surface area (Å²) < 4.78 is 33.6. The van der Waals surface area contributed by atoms with Gasteiger partial charge >= 0.3 is 5.97 Å².